The van der Waals surface area contributed by atoms with Crippen molar-refractivity contribution in [2.45, 2.75) is 50.6 Å². The molecule has 3 fully saturated rings. The monoisotopic (exact) mass is 301 g/mol. The quantitative estimate of drug-likeness (QED) is 0.834. The van der Waals surface area contributed by atoms with E-state index in [4.69, 9.17) is 0 Å². The third kappa shape index (κ3) is 3.15. The number of rotatable bonds is 6. The fourth-order valence-electron chi connectivity index (χ4n) is 3.01. The average molecular weight is 301 g/mol. The van der Waals surface area contributed by atoms with Crippen molar-refractivity contribution in [3.63, 3.8) is 0 Å². The second kappa shape index (κ2) is 5.74. The molecule has 1 atom stereocenters. The summed E-state index contributed by atoms with van der Waals surface area (Å²) in [5, 5.41) is 6.50. The molecule has 2 saturated carbocycles. The van der Waals surface area contributed by atoms with Gasteiger partial charge in [0, 0.05) is 25.2 Å². The Kier molecular flexibility index (Phi) is 3.60. The highest BCUT2D eigenvalue weighted by molar-refractivity contribution is 5.86. The second-order valence-corrected chi connectivity index (χ2v) is 6.72. The number of carbonyl (C=O) groups excluding carboxylic acids is 1. The standard InChI is InChI=1S/C16H23N5O/c22-16(20-12-5-6-12)13-2-1-7-21(13)15-8-14(18-10-19-15)17-9-11-3-4-11/h8,10-13H,1-7,9H2,(H,20,22)(H,17,18,19)/t13-/m1/s1. The van der Waals surface area contributed by atoms with E-state index < -0.39 is 0 Å². The molecule has 1 aromatic heterocycles. The zero-order valence-electron chi connectivity index (χ0n) is 12.8. The highest BCUT2D eigenvalue weighted by atomic mass is 16.2. The van der Waals surface area contributed by atoms with Gasteiger partial charge in [0.25, 0.3) is 0 Å². The van der Waals surface area contributed by atoms with Crippen LogP contribution in [-0.4, -0.2) is 41.0 Å². The predicted molar refractivity (Wildman–Crippen MR) is 84.8 cm³/mol. The number of nitrogens with one attached hydrogen (secondary N) is 2. The molecule has 1 aromatic rings. The van der Waals surface area contributed by atoms with Crippen molar-refractivity contribution in [1.82, 2.24) is 15.3 Å². The lowest BCUT2D eigenvalue weighted by Crippen LogP contribution is -2.44. The van der Waals surface area contributed by atoms with Crippen molar-refractivity contribution in [1.29, 1.82) is 0 Å². The van der Waals surface area contributed by atoms with Crippen LogP contribution in [0.2, 0.25) is 0 Å². The van der Waals surface area contributed by atoms with Gasteiger partial charge >= 0.3 is 0 Å². The smallest absolute Gasteiger partial charge is 0.242 e. The van der Waals surface area contributed by atoms with Crippen LogP contribution in [0.5, 0.6) is 0 Å². The van der Waals surface area contributed by atoms with Crippen molar-refractivity contribution in [2.24, 2.45) is 5.92 Å². The van der Waals surface area contributed by atoms with E-state index in [2.05, 4.69) is 25.5 Å². The van der Waals surface area contributed by atoms with Gasteiger partial charge < -0.3 is 15.5 Å². The van der Waals surface area contributed by atoms with E-state index in [1.807, 2.05) is 6.07 Å². The third-order valence-corrected chi connectivity index (χ3v) is 4.69. The molecule has 6 nitrogen and oxygen atoms in total. The molecule has 4 rings (SSSR count). The molecule has 0 radical (unpaired) electrons. The van der Waals surface area contributed by atoms with Crippen LogP contribution in [0.3, 0.4) is 0 Å². The Morgan fingerprint density at radius 2 is 2.09 bits per heavy atom. The van der Waals surface area contributed by atoms with Gasteiger partial charge in [0.1, 0.15) is 24.0 Å². The molecule has 1 saturated heterocycles. The number of hydrogen-bond donors (Lipinski definition) is 2. The van der Waals surface area contributed by atoms with E-state index in [9.17, 15) is 4.79 Å². The maximum Gasteiger partial charge on any atom is 0.242 e. The summed E-state index contributed by atoms with van der Waals surface area (Å²) in [6, 6.07) is 2.31. The molecule has 0 unspecified atom stereocenters. The lowest BCUT2D eigenvalue weighted by molar-refractivity contribution is -0.122. The van der Waals surface area contributed by atoms with E-state index >= 15 is 0 Å². The highest BCUT2D eigenvalue weighted by Crippen LogP contribution is 2.30. The summed E-state index contributed by atoms with van der Waals surface area (Å²) in [5.74, 6) is 2.69. The number of carbonyl (C=O) groups is 1. The average Bonchev–Trinajstić information content (AvgIpc) is 3.46. The highest BCUT2D eigenvalue weighted by Gasteiger charge is 2.34. The first-order valence-corrected chi connectivity index (χ1v) is 8.42. The second-order valence-electron chi connectivity index (χ2n) is 6.72. The number of anilines is 2. The summed E-state index contributed by atoms with van der Waals surface area (Å²) < 4.78 is 0. The van der Waals surface area contributed by atoms with Crippen molar-refractivity contribution in [3.05, 3.63) is 12.4 Å². The molecule has 118 valence electrons. The van der Waals surface area contributed by atoms with Crippen molar-refractivity contribution in [2.75, 3.05) is 23.3 Å². The van der Waals surface area contributed by atoms with Crippen molar-refractivity contribution >= 4 is 17.5 Å². The molecule has 0 spiro atoms. The summed E-state index contributed by atoms with van der Waals surface area (Å²) in [5.41, 5.74) is 0. The fourth-order valence-corrected chi connectivity index (χ4v) is 3.01. The maximum atomic E-state index is 12.4. The Balaban J connectivity index is 1.44. The van der Waals surface area contributed by atoms with Gasteiger partial charge in [-0.1, -0.05) is 0 Å². The van der Waals surface area contributed by atoms with Crippen LogP contribution in [-0.2, 0) is 4.79 Å². The summed E-state index contributed by atoms with van der Waals surface area (Å²) in [6.07, 6.45) is 8.44. The molecule has 2 heterocycles. The fraction of sp³-hybridized carbons (Fsp3) is 0.688. The van der Waals surface area contributed by atoms with E-state index in [0.717, 1.165) is 56.3 Å². The van der Waals surface area contributed by atoms with Crippen LogP contribution in [0.15, 0.2) is 12.4 Å². The molecule has 2 N–H and O–H groups in total. The van der Waals surface area contributed by atoms with Gasteiger partial charge in [-0.05, 0) is 44.4 Å². The van der Waals surface area contributed by atoms with Crippen LogP contribution in [0.1, 0.15) is 38.5 Å². The van der Waals surface area contributed by atoms with Crippen LogP contribution in [0, 0.1) is 5.92 Å². The van der Waals surface area contributed by atoms with Crippen LogP contribution in [0.4, 0.5) is 11.6 Å². The molecule has 0 bridgehead atoms. The van der Waals surface area contributed by atoms with Gasteiger partial charge in [-0.2, -0.15) is 0 Å². The first-order chi connectivity index (χ1) is 10.8. The molecular formula is C16H23N5O. The molecule has 3 aliphatic rings. The molecule has 2 aliphatic carbocycles. The first-order valence-electron chi connectivity index (χ1n) is 8.42. The topological polar surface area (TPSA) is 70.2 Å². The van der Waals surface area contributed by atoms with Crippen LogP contribution in [0.25, 0.3) is 0 Å². The molecular weight excluding hydrogens is 278 g/mol. The third-order valence-electron chi connectivity index (χ3n) is 4.69. The van der Waals surface area contributed by atoms with Gasteiger partial charge in [0.2, 0.25) is 5.91 Å². The van der Waals surface area contributed by atoms with Crippen molar-refractivity contribution in [3.8, 4) is 0 Å². The minimum absolute atomic E-state index is 0.0771. The summed E-state index contributed by atoms with van der Waals surface area (Å²) in [6.45, 7) is 1.88. The lowest BCUT2D eigenvalue weighted by Gasteiger charge is -2.25. The van der Waals surface area contributed by atoms with Crippen LogP contribution >= 0.6 is 0 Å². The molecule has 6 heteroatoms. The maximum absolute atomic E-state index is 12.4. The number of aromatic nitrogens is 2. The normalized spacial score (nSPS) is 24.4. The van der Waals surface area contributed by atoms with Gasteiger partial charge in [0.15, 0.2) is 0 Å². The zero-order chi connectivity index (χ0) is 14.9. The van der Waals surface area contributed by atoms with E-state index in [-0.39, 0.29) is 11.9 Å². The molecule has 0 aromatic carbocycles. The molecule has 1 amide bonds. The Morgan fingerprint density at radius 3 is 2.86 bits per heavy atom. The Hall–Kier alpha value is -1.85. The van der Waals surface area contributed by atoms with Gasteiger partial charge in [-0.3, -0.25) is 4.79 Å². The minimum atomic E-state index is -0.0771. The largest absolute Gasteiger partial charge is 0.370 e. The first kappa shape index (κ1) is 13.8. The molecule has 1 aliphatic heterocycles. The van der Waals surface area contributed by atoms with E-state index in [1.54, 1.807) is 6.33 Å². The van der Waals surface area contributed by atoms with Gasteiger partial charge in [-0.15, -0.1) is 0 Å². The Labute approximate surface area is 130 Å². The van der Waals surface area contributed by atoms with Crippen molar-refractivity contribution < 1.29 is 4.79 Å². The van der Waals surface area contributed by atoms with Gasteiger partial charge in [0.05, 0.1) is 0 Å². The van der Waals surface area contributed by atoms with E-state index in [0.29, 0.717) is 6.04 Å². The lowest BCUT2D eigenvalue weighted by atomic mass is 10.2. The Morgan fingerprint density at radius 1 is 1.23 bits per heavy atom. The van der Waals surface area contributed by atoms with Gasteiger partial charge in [-0.25, -0.2) is 9.97 Å². The number of amides is 1. The number of hydrogen-bond acceptors (Lipinski definition) is 5. The van der Waals surface area contributed by atoms with E-state index in [1.165, 1.54) is 12.8 Å². The predicted octanol–water partition coefficient (Wildman–Crippen LogP) is 1.55. The van der Waals surface area contributed by atoms with Crippen LogP contribution < -0.4 is 15.5 Å². The Bertz CT molecular complexity index is 555. The SMILES string of the molecule is O=C(NC1CC1)[C@H]1CCCN1c1cc(NCC2CC2)ncn1. The minimum Gasteiger partial charge on any atom is -0.370 e. The summed E-state index contributed by atoms with van der Waals surface area (Å²) in [4.78, 5) is 23.2. The summed E-state index contributed by atoms with van der Waals surface area (Å²) >= 11 is 0. The number of nitrogens with zero attached hydrogens (tertiary/aromatic N) is 3. The summed E-state index contributed by atoms with van der Waals surface area (Å²) in [7, 11) is 0. The molecule has 22 heavy (non-hydrogen) atoms. The zero-order valence-corrected chi connectivity index (χ0v) is 12.8.